The molecule has 1 heterocycles. The lowest BCUT2D eigenvalue weighted by Gasteiger charge is -2.32. The van der Waals surface area contributed by atoms with Crippen LogP contribution in [-0.4, -0.2) is 41.6 Å². The molecule has 0 aromatic rings. The van der Waals surface area contributed by atoms with Crippen LogP contribution >= 0.6 is 0 Å². The number of carboxylic acid groups (broad SMARTS) is 1. The Balaban J connectivity index is 2.47. The molecule has 1 saturated heterocycles. The fraction of sp³-hybridized carbons (Fsp3) is 0.867. The van der Waals surface area contributed by atoms with Crippen LogP contribution in [0.2, 0.25) is 0 Å². The van der Waals surface area contributed by atoms with E-state index in [1.165, 1.54) is 0 Å². The maximum atomic E-state index is 12.1. The van der Waals surface area contributed by atoms with Crippen molar-refractivity contribution in [3.05, 3.63) is 0 Å². The monoisotopic (exact) mass is 284 g/mol. The van der Waals surface area contributed by atoms with E-state index in [0.29, 0.717) is 43.8 Å². The predicted octanol–water partition coefficient (Wildman–Crippen LogP) is 2.42. The maximum absolute atomic E-state index is 12.1. The molecule has 1 aliphatic heterocycles. The second-order valence-electron chi connectivity index (χ2n) is 6.46. The lowest BCUT2D eigenvalue weighted by molar-refractivity contribution is -0.143. The Hall–Kier alpha value is -1.26. The standard InChI is InChI=1S/C15H28N2O3/c1-10(2)13(11(3)4)8-16-15(20)17-7-5-6-12(9-17)14(18)19/h10-13H,5-9H2,1-4H3,(H,16,20)(H,18,19). The summed E-state index contributed by atoms with van der Waals surface area (Å²) in [6.07, 6.45) is 1.43. The number of hydrogen-bond donors (Lipinski definition) is 2. The summed E-state index contributed by atoms with van der Waals surface area (Å²) in [5.41, 5.74) is 0. The average molecular weight is 284 g/mol. The molecule has 116 valence electrons. The number of carboxylic acids is 1. The third-order valence-electron chi connectivity index (χ3n) is 4.26. The number of carbonyl (C=O) groups excluding carboxylic acids is 1. The molecule has 0 aromatic heterocycles. The summed E-state index contributed by atoms with van der Waals surface area (Å²) in [6, 6.07) is -0.123. The molecule has 2 N–H and O–H groups in total. The molecule has 5 nitrogen and oxygen atoms in total. The van der Waals surface area contributed by atoms with Gasteiger partial charge in [0.05, 0.1) is 5.92 Å². The summed E-state index contributed by atoms with van der Waals surface area (Å²) >= 11 is 0. The number of amides is 2. The Bertz CT molecular complexity index is 334. The molecule has 0 aromatic carbocycles. The lowest BCUT2D eigenvalue weighted by Crippen LogP contribution is -2.48. The van der Waals surface area contributed by atoms with Crippen LogP contribution < -0.4 is 5.32 Å². The minimum absolute atomic E-state index is 0.123. The molecule has 1 rings (SSSR count). The SMILES string of the molecule is CC(C)C(CNC(=O)N1CCCC(C(=O)O)C1)C(C)C. The Kier molecular flexibility index (Phi) is 6.30. The van der Waals surface area contributed by atoms with Gasteiger partial charge >= 0.3 is 12.0 Å². The number of nitrogens with zero attached hydrogens (tertiary/aromatic N) is 1. The van der Waals surface area contributed by atoms with Gasteiger partial charge in [-0.1, -0.05) is 27.7 Å². The summed E-state index contributed by atoms with van der Waals surface area (Å²) in [7, 11) is 0. The van der Waals surface area contributed by atoms with E-state index in [0.717, 1.165) is 6.42 Å². The van der Waals surface area contributed by atoms with Gasteiger partial charge in [0.2, 0.25) is 0 Å². The first-order valence-electron chi connectivity index (χ1n) is 7.58. The van der Waals surface area contributed by atoms with E-state index in [2.05, 4.69) is 33.0 Å². The van der Waals surface area contributed by atoms with Crippen molar-refractivity contribution in [3.8, 4) is 0 Å². The molecular formula is C15H28N2O3. The number of piperidine rings is 1. The molecule has 1 aliphatic rings. The van der Waals surface area contributed by atoms with Gasteiger partial charge in [0, 0.05) is 19.6 Å². The van der Waals surface area contributed by atoms with Crippen molar-refractivity contribution < 1.29 is 14.7 Å². The van der Waals surface area contributed by atoms with Gasteiger partial charge in [-0.15, -0.1) is 0 Å². The first-order chi connectivity index (χ1) is 9.32. The summed E-state index contributed by atoms with van der Waals surface area (Å²) in [4.78, 5) is 24.8. The molecule has 1 atom stereocenters. The van der Waals surface area contributed by atoms with Gasteiger partial charge in [0.15, 0.2) is 0 Å². The van der Waals surface area contributed by atoms with Crippen molar-refractivity contribution >= 4 is 12.0 Å². The van der Waals surface area contributed by atoms with Crippen LogP contribution in [0.15, 0.2) is 0 Å². The topological polar surface area (TPSA) is 69.6 Å². The molecular weight excluding hydrogens is 256 g/mol. The van der Waals surface area contributed by atoms with E-state index in [-0.39, 0.29) is 6.03 Å². The van der Waals surface area contributed by atoms with Gasteiger partial charge in [0.1, 0.15) is 0 Å². The molecule has 0 saturated carbocycles. The van der Waals surface area contributed by atoms with Crippen LogP contribution in [0.4, 0.5) is 4.79 Å². The molecule has 0 radical (unpaired) electrons. The van der Waals surface area contributed by atoms with Crippen molar-refractivity contribution in [2.24, 2.45) is 23.7 Å². The van der Waals surface area contributed by atoms with Crippen LogP contribution in [-0.2, 0) is 4.79 Å². The van der Waals surface area contributed by atoms with Gasteiger partial charge in [0.25, 0.3) is 0 Å². The summed E-state index contributed by atoms with van der Waals surface area (Å²) < 4.78 is 0. The van der Waals surface area contributed by atoms with Crippen molar-refractivity contribution in [2.45, 2.75) is 40.5 Å². The first kappa shape index (κ1) is 16.8. The Morgan fingerprint density at radius 3 is 2.35 bits per heavy atom. The zero-order valence-electron chi connectivity index (χ0n) is 13.1. The van der Waals surface area contributed by atoms with Crippen LogP contribution in [0.1, 0.15) is 40.5 Å². The molecule has 0 aliphatic carbocycles. The summed E-state index contributed by atoms with van der Waals surface area (Å²) in [5.74, 6) is 0.260. The zero-order chi connectivity index (χ0) is 15.3. The van der Waals surface area contributed by atoms with Crippen molar-refractivity contribution in [1.29, 1.82) is 0 Å². The number of nitrogens with one attached hydrogen (secondary N) is 1. The number of likely N-dealkylation sites (tertiary alicyclic amines) is 1. The second-order valence-corrected chi connectivity index (χ2v) is 6.46. The molecule has 2 amide bonds. The van der Waals surface area contributed by atoms with Gasteiger partial charge in [-0.05, 0) is 30.6 Å². The van der Waals surface area contributed by atoms with Gasteiger partial charge in [-0.3, -0.25) is 4.79 Å². The Morgan fingerprint density at radius 1 is 1.25 bits per heavy atom. The van der Waals surface area contributed by atoms with E-state index in [1.807, 2.05) is 0 Å². The van der Waals surface area contributed by atoms with Crippen molar-refractivity contribution in [1.82, 2.24) is 10.2 Å². The normalized spacial score (nSPS) is 19.8. The number of aliphatic carboxylic acids is 1. The zero-order valence-corrected chi connectivity index (χ0v) is 13.1. The van der Waals surface area contributed by atoms with Crippen LogP contribution in [0.3, 0.4) is 0 Å². The van der Waals surface area contributed by atoms with Crippen LogP contribution in [0.25, 0.3) is 0 Å². The highest BCUT2D eigenvalue weighted by molar-refractivity contribution is 5.76. The highest BCUT2D eigenvalue weighted by Crippen LogP contribution is 2.20. The average Bonchev–Trinajstić information content (AvgIpc) is 2.38. The van der Waals surface area contributed by atoms with Crippen molar-refractivity contribution in [3.63, 3.8) is 0 Å². The van der Waals surface area contributed by atoms with E-state index in [1.54, 1.807) is 4.90 Å². The minimum Gasteiger partial charge on any atom is -0.481 e. The highest BCUT2D eigenvalue weighted by Gasteiger charge is 2.28. The third kappa shape index (κ3) is 4.69. The quantitative estimate of drug-likeness (QED) is 0.814. The number of urea groups is 1. The lowest BCUT2D eigenvalue weighted by atomic mass is 9.85. The van der Waals surface area contributed by atoms with E-state index < -0.39 is 11.9 Å². The second kappa shape index (κ2) is 7.50. The fourth-order valence-electron chi connectivity index (χ4n) is 2.92. The van der Waals surface area contributed by atoms with Gasteiger partial charge in [-0.25, -0.2) is 4.79 Å². The summed E-state index contributed by atoms with van der Waals surface area (Å²) in [5, 5.41) is 12.0. The molecule has 0 bridgehead atoms. The van der Waals surface area contributed by atoms with Crippen molar-refractivity contribution in [2.75, 3.05) is 19.6 Å². The predicted molar refractivity (Wildman–Crippen MR) is 78.5 cm³/mol. The minimum atomic E-state index is -0.801. The largest absolute Gasteiger partial charge is 0.481 e. The Morgan fingerprint density at radius 2 is 1.85 bits per heavy atom. The molecule has 5 heteroatoms. The van der Waals surface area contributed by atoms with E-state index >= 15 is 0 Å². The van der Waals surface area contributed by atoms with Gasteiger partial charge < -0.3 is 15.3 Å². The first-order valence-corrected chi connectivity index (χ1v) is 7.58. The fourth-order valence-corrected chi connectivity index (χ4v) is 2.92. The van der Waals surface area contributed by atoms with Gasteiger partial charge in [-0.2, -0.15) is 0 Å². The Labute approximate surface area is 121 Å². The third-order valence-corrected chi connectivity index (χ3v) is 4.26. The highest BCUT2D eigenvalue weighted by atomic mass is 16.4. The van der Waals surface area contributed by atoms with Crippen LogP contribution in [0, 0.1) is 23.7 Å². The van der Waals surface area contributed by atoms with E-state index in [9.17, 15) is 9.59 Å². The molecule has 20 heavy (non-hydrogen) atoms. The smallest absolute Gasteiger partial charge is 0.317 e. The van der Waals surface area contributed by atoms with E-state index in [4.69, 9.17) is 5.11 Å². The maximum Gasteiger partial charge on any atom is 0.317 e. The number of carbonyl (C=O) groups is 2. The summed E-state index contributed by atoms with van der Waals surface area (Å²) in [6.45, 7) is 10.3. The number of rotatable bonds is 5. The molecule has 1 unspecified atom stereocenters. The molecule has 0 spiro atoms. The molecule has 1 fully saturated rings. The van der Waals surface area contributed by atoms with Crippen LogP contribution in [0.5, 0.6) is 0 Å². The number of hydrogen-bond acceptors (Lipinski definition) is 2.